The van der Waals surface area contributed by atoms with Crippen LogP contribution in [0.1, 0.15) is 18.1 Å². The minimum absolute atomic E-state index is 0.385. The highest BCUT2D eigenvalue weighted by atomic mass is 32.2. The van der Waals surface area contributed by atoms with Crippen molar-refractivity contribution in [1.29, 1.82) is 0 Å². The van der Waals surface area contributed by atoms with Gasteiger partial charge in [0.15, 0.2) is 0 Å². The Hall–Kier alpha value is -1.37. The third-order valence-electron chi connectivity index (χ3n) is 3.13. The van der Waals surface area contributed by atoms with Crippen molar-refractivity contribution in [2.24, 2.45) is 0 Å². The minimum Gasteiger partial charge on any atom is -0.316 e. The third kappa shape index (κ3) is 3.45. The Labute approximate surface area is 130 Å². The number of hydrogen-bond donors (Lipinski definition) is 1. The highest BCUT2D eigenvalue weighted by Gasteiger charge is 2.25. The van der Waals surface area contributed by atoms with Gasteiger partial charge in [-0.3, -0.25) is 4.31 Å². The first kappa shape index (κ1) is 16.0. The molecule has 1 aromatic carbocycles. The number of anilines is 1. The SMILES string of the molecule is CCN(c1cccc(C)c1)S(=O)(=O)c1cc(CNC)cs1. The fraction of sp³-hybridized carbons (Fsp3) is 0.333. The molecule has 0 aliphatic rings. The number of aryl methyl sites for hydroxylation is 1. The van der Waals surface area contributed by atoms with Crippen molar-refractivity contribution < 1.29 is 8.42 Å². The van der Waals surface area contributed by atoms with Crippen LogP contribution in [0.4, 0.5) is 5.69 Å². The molecular weight excluding hydrogens is 304 g/mol. The van der Waals surface area contributed by atoms with Gasteiger partial charge in [-0.05, 0) is 55.6 Å². The molecule has 0 fully saturated rings. The number of nitrogens with one attached hydrogen (secondary N) is 1. The predicted molar refractivity (Wildman–Crippen MR) is 88.5 cm³/mol. The molecule has 1 N–H and O–H groups in total. The van der Waals surface area contributed by atoms with Crippen LogP contribution in [-0.4, -0.2) is 22.0 Å². The molecule has 1 heterocycles. The maximum atomic E-state index is 12.8. The fourth-order valence-electron chi connectivity index (χ4n) is 2.17. The quantitative estimate of drug-likeness (QED) is 0.888. The van der Waals surface area contributed by atoms with E-state index in [0.717, 1.165) is 11.1 Å². The van der Waals surface area contributed by atoms with Crippen LogP contribution >= 0.6 is 11.3 Å². The Balaban J connectivity index is 2.39. The Morgan fingerprint density at radius 1 is 1.29 bits per heavy atom. The molecule has 0 aliphatic carbocycles. The molecule has 0 bridgehead atoms. The summed E-state index contributed by atoms with van der Waals surface area (Å²) in [7, 11) is -1.65. The minimum atomic E-state index is -3.49. The van der Waals surface area contributed by atoms with E-state index in [-0.39, 0.29) is 0 Å². The van der Waals surface area contributed by atoms with Gasteiger partial charge in [0.1, 0.15) is 4.21 Å². The summed E-state index contributed by atoms with van der Waals surface area (Å²) in [4.78, 5) is 0. The molecule has 0 amide bonds. The van der Waals surface area contributed by atoms with E-state index in [1.54, 1.807) is 6.07 Å². The number of sulfonamides is 1. The zero-order chi connectivity index (χ0) is 15.5. The van der Waals surface area contributed by atoms with E-state index in [0.29, 0.717) is 23.0 Å². The van der Waals surface area contributed by atoms with Gasteiger partial charge >= 0.3 is 0 Å². The second-order valence-electron chi connectivity index (χ2n) is 4.81. The molecular formula is C15H20N2O2S2. The molecule has 6 heteroatoms. The molecule has 4 nitrogen and oxygen atoms in total. The van der Waals surface area contributed by atoms with E-state index in [9.17, 15) is 8.42 Å². The van der Waals surface area contributed by atoms with Crippen molar-refractivity contribution in [2.45, 2.75) is 24.6 Å². The average Bonchev–Trinajstić information content (AvgIpc) is 2.89. The van der Waals surface area contributed by atoms with Crippen LogP contribution < -0.4 is 9.62 Å². The van der Waals surface area contributed by atoms with Crippen LogP contribution in [0.15, 0.2) is 39.9 Å². The summed E-state index contributed by atoms with van der Waals surface area (Å²) in [6.07, 6.45) is 0. The van der Waals surface area contributed by atoms with Crippen LogP contribution in [0.5, 0.6) is 0 Å². The van der Waals surface area contributed by atoms with E-state index in [2.05, 4.69) is 5.32 Å². The third-order valence-corrected chi connectivity index (χ3v) is 6.50. The van der Waals surface area contributed by atoms with Crippen LogP contribution in [-0.2, 0) is 16.6 Å². The first-order valence-corrected chi connectivity index (χ1v) is 9.12. The van der Waals surface area contributed by atoms with Crippen LogP contribution in [0, 0.1) is 6.92 Å². The molecule has 0 unspecified atom stereocenters. The van der Waals surface area contributed by atoms with E-state index < -0.39 is 10.0 Å². The van der Waals surface area contributed by atoms with E-state index in [1.807, 2.05) is 50.5 Å². The van der Waals surface area contributed by atoms with E-state index in [1.165, 1.54) is 15.6 Å². The second kappa shape index (κ2) is 6.60. The lowest BCUT2D eigenvalue weighted by Gasteiger charge is -2.22. The van der Waals surface area contributed by atoms with Gasteiger partial charge in [-0.25, -0.2) is 8.42 Å². The van der Waals surface area contributed by atoms with Crippen LogP contribution in [0.3, 0.4) is 0 Å². The normalized spacial score (nSPS) is 11.6. The molecule has 0 radical (unpaired) electrons. The summed E-state index contributed by atoms with van der Waals surface area (Å²) in [5.74, 6) is 0. The van der Waals surface area contributed by atoms with Crippen molar-refractivity contribution in [1.82, 2.24) is 5.32 Å². The van der Waals surface area contributed by atoms with Crippen molar-refractivity contribution >= 4 is 27.0 Å². The molecule has 0 saturated carbocycles. The summed E-state index contributed by atoms with van der Waals surface area (Å²) in [5, 5.41) is 4.91. The Kier molecular flexibility index (Phi) is 5.03. The van der Waals surface area contributed by atoms with Crippen molar-refractivity contribution in [3.05, 3.63) is 46.8 Å². The standard InChI is InChI=1S/C15H20N2O2S2/c1-4-17(14-7-5-6-12(2)8-14)21(18,19)15-9-13(10-16-3)11-20-15/h5-9,11,16H,4,10H2,1-3H3. The van der Waals surface area contributed by atoms with Gasteiger partial charge in [0, 0.05) is 13.1 Å². The molecule has 0 saturated heterocycles. The van der Waals surface area contributed by atoms with Crippen molar-refractivity contribution in [3.8, 4) is 0 Å². The number of hydrogen-bond acceptors (Lipinski definition) is 4. The van der Waals surface area contributed by atoms with Gasteiger partial charge in [0.05, 0.1) is 5.69 Å². The molecule has 0 spiro atoms. The van der Waals surface area contributed by atoms with Gasteiger partial charge in [-0.15, -0.1) is 11.3 Å². The first-order valence-electron chi connectivity index (χ1n) is 6.80. The topological polar surface area (TPSA) is 49.4 Å². The van der Waals surface area contributed by atoms with E-state index in [4.69, 9.17) is 0 Å². The van der Waals surface area contributed by atoms with Gasteiger partial charge in [0.25, 0.3) is 10.0 Å². The lowest BCUT2D eigenvalue weighted by atomic mass is 10.2. The molecule has 0 aliphatic heterocycles. The molecule has 0 atom stereocenters. The predicted octanol–water partition coefficient (Wildman–Crippen LogP) is 2.99. The summed E-state index contributed by atoms with van der Waals surface area (Å²) < 4.78 is 27.5. The summed E-state index contributed by atoms with van der Waals surface area (Å²) in [6.45, 7) is 4.88. The number of nitrogens with zero attached hydrogens (tertiary/aromatic N) is 1. The Bertz CT molecular complexity index is 708. The zero-order valence-electron chi connectivity index (χ0n) is 12.5. The van der Waals surface area contributed by atoms with Gasteiger partial charge in [0.2, 0.25) is 0 Å². The number of thiophene rings is 1. The maximum Gasteiger partial charge on any atom is 0.273 e. The maximum absolute atomic E-state index is 12.8. The summed E-state index contributed by atoms with van der Waals surface area (Å²) >= 11 is 1.27. The van der Waals surface area contributed by atoms with Crippen molar-refractivity contribution in [3.63, 3.8) is 0 Å². The average molecular weight is 324 g/mol. The highest BCUT2D eigenvalue weighted by Crippen LogP contribution is 2.28. The Morgan fingerprint density at radius 2 is 2.05 bits per heavy atom. The lowest BCUT2D eigenvalue weighted by Crippen LogP contribution is -2.30. The van der Waals surface area contributed by atoms with Crippen LogP contribution in [0.25, 0.3) is 0 Å². The molecule has 2 aromatic rings. The fourth-order valence-corrected chi connectivity index (χ4v) is 4.96. The molecule has 114 valence electrons. The van der Waals surface area contributed by atoms with Crippen molar-refractivity contribution in [2.75, 3.05) is 17.9 Å². The monoisotopic (exact) mass is 324 g/mol. The van der Waals surface area contributed by atoms with Gasteiger partial charge < -0.3 is 5.32 Å². The highest BCUT2D eigenvalue weighted by molar-refractivity contribution is 7.94. The first-order chi connectivity index (χ1) is 9.98. The van der Waals surface area contributed by atoms with E-state index >= 15 is 0 Å². The zero-order valence-corrected chi connectivity index (χ0v) is 14.1. The van der Waals surface area contributed by atoms with Gasteiger partial charge in [-0.1, -0.05) is 12.1 Å². The second-order valence-corrected chi connectivity index (χ2v) is 7.81. The largest absolute Gasteiger partial charge is 0.316 e. The Morgan fingerprint density at radius 3 is 2.67 bits per heavy atom. The lowest BCUT2D eigenvalue weighted by molar-refractivity contribution is 0.594. The number of rotatable bonds is 6. The number of benzene rings is 1. The molecule has 2 rings (SSSR count). The van der Waals surface area contributed by atoms with Crippen LogP contribution in [0.2, 0.25) is 0 Å². The molecule has 21 heavy (non-hydrogen) atoms. The smallest absolute Gasteiger partial charge is 0.273 e. The molecule has 1 aromatic heterocycles. The summed E-state index contributed by atoms with van der Waals surface area (Å²) in [5.41, 5.74) is 2.74. The van der Waals surface area contributed by atoms with Gasteiger partial charge in [-0.2, -0.15) is 0 Å². The summed E-state index contributed by atoms with van der Waals surface area (Å²) in [6, 6.07) is 9.30.